The van der Waals surface area contributed by atoms with Crippen LogP contribution in [0.4, 0.5) is 0 Å². The molecule has 0 fully saturated rings. The molecule has 2 unspecified atom stereocenters. The van der Waals surface area contributed by atoms with Gasteiger partial charge in [0.1, 0.15) is 5.82 Å². The number of nitrogens with zero attached hydrogens (tertiary/aromatic N) is 4. The van der Waals surface area contributed by atoms with E-state index in [1.807, 2.05) is 6.92 Å². The van der Waals surface area contributed by atoms with Gasteiger partial charge in [-0.2, -0.15) is 5.10 Å². The van der Waals surface area contributed by atoms with Gasteiger partial charge >= 0.3 is 0 Å². The number of nitrogens with one attached hydrogen (secondary N) is 3. The molecule has 1 amide bonds. The number of amides is 1. The Bertz CT molecular complexity index is 822. The second kappa shape index (κ2) is 6.15. The number of aromatic amines is 2. The van der Waals surface area contributed by atoms with E-state index < -0.39 is 0 Å². The summed E-state index contributed by atoms with van der Waals surface area (Å²) >= 11 is 0. The molecule has 8 nitrogen and oxygen atoms in total. The molecule has 0 aliphatic rings. The lowest BCUT2D eigenvalue weighted by Gasteiger charge is -2.11. The third-order valence-electron chi connectivity index (χ3n) is 3.87. The molecule has 0 aliphatic carbocycles. The summed E-state index contributed by atoms with van der Waals surface area (Å²) in [6, 6.07) is 1.45. The van der Waals surface area contributed by atoms with Crippen LogP contribution in [0.25, 0.3) is 11.2 Å². The predicted molar refractivity (Wildman–Crippen MR) is 84.9 cm³/mol. The van der Waals surface area contributed by atoms with Crippen LogP contribution in [0.3, 0.4) is 0 Å². The minimum Gasteiger partial charge on any atom is -0.343 e. The van der Waals surface area contributed by atoms with E-state index in [9.17, 15) is 4.79 Å². The zero-order chi connectivity index (χ0) is 16.4. The molecule has 0 radical (unpaired) electrons. The van der Waals surface area contributed by atoms with Gasteiger partial charge in [-0.05, 0) is 19.4 Å². The van der Waals surface area contributed by atoms with E-state index in [-0.39, 0.29) is 17.9 Å². The van der Waals surface area contributed by atoms with E-state index in [1.54, 1.807) is 12.4 Å². The monoisotopic (exact) mass is 313 g/mol. The summed E-state index contributed by atoms with van der Waals surface area (Å²) in [6.07, 6.45) is 4.02. The lowest BCUT2D eigenvalue weighted by atomic mass is 10.1. The van der Waals surface area contributed by atoms with Gasteiger partial charge in [-0.1, -0.05) is 13.8 Å². The highest BCUT2D eigenvalue weighted by atomic mass is 16.1. The Balaban J connectivity index is 1.72. The summed E-state index contributed by atoms with van der Waals surface area (Å²) in [5, 5.41) is 10.00. The number of H-pyrrole nitrogens is 2. The van der Waals surface area contributed by atoms with Crippen LogP contribution in [0.5, 0.6) is 0 Å². The number of rotatable bonds is 5. The summed E-state index contributed by atoms with van der Waals surface area (Å²) < 4.78 is 0. The van der Waals surface area contributed by atoms with Crippen LogP contribution in [0.2, 0.25) is 0 Å². The lowest BCUT2D eigenvalue weighted by Crippen LogP contribution is -2.27. The number of carbonyl (C=O) groups is 1. The number of hydrogen-bond donors (Lipinski definition) is 3. The summed E-state index contributed by atoms with van der Waals surface area (Å²) in [5.74, 6) is 1.48. The average molecular weight is 313 g/mol. The maximum absolute atomic E-state index is 12.3. The Morgan fingerprint density at radius 1 is 1.35 bits per heavy atom. The summed E-state index contributed by atoms with van der Waals surface area (Å²) in [4.78, 5) is 27.9. The fourth-order valence-corrected chi connectivity index (χ4v) is 2.19. The van der Waals surface area contributed by atoms with E-state index in [4.69, 9.17) is 0 Å². The average Bonchev–Trinajstić information content (AvgIpc) is 3.22. The molecule has 120 valence electrons. The summed E-state index contributed by atoms with van der Waals surface area (Å²) in [7, 11) is 0. The van der Waals surface area contributed by atoms with Crippen molar-refractivity contribution in [2.45, 2.75) is 39.2 Å². The Labute approximate surface area is 133 Å². The van der Waals surface area contributed by atoms with Gasteiger partial charge < -0.3 is 10.3 Å². The molecule has 3 aromatic rings. The SMILES string of the molecule is CCC(C)c1n[nH]c(C(C)NC(=O)c2cnc3nc[nH]c3c2)n1. The minimum absolute atomic E-state index is 0.219. The minimum atomic E-state index is -0.273. The van der Waals surface area contributed by atoms with Crippen molar-refractivity contribution in [2.24, 2.45) is 0 Å². The van der Waals surface area contributed by atoms with Gasteiger partial charge in [0.15, 0.2) is 11.5 Å². The number of carbonyl (C=O) groups excluding carboxylic acids is 1. The molecule has 3 heterocycles. The molecule has 0 bridgehead atoms. The lowest BCUT2D eigenvalue weighted by molar-refractivity contribution is 0.0938. The van der Waals surface area contributed by atoms with E-state index in [1.165, 1.54) is 6.20 Å². The predicted octanol–water partition coefficient (Wildman–Crippen LogP) is 2.08. The molecule has 0 saturated heterocycles. The van der Waals surface area contributed by atoms with Crippen LogP contribution >= 0.6 is 0 Å². The third-order valence-corrected chi connectivity index (χ3v) is 3.87. The van der Waals surface area contributed by atoms with Crippen LogP contribution < -0.4 is 5.32 Å². The van der Waals surface area contributed by atoms with Crippen molar-refractivity contribution in [3.8, 4) is 0 Å². The number of hydrogen-bond acceptors (Lipinski definition) is 5. The Kier molecular flexibility index (Phi) is 4.05. The standard InChI is InChI=1S/C15H19N7O/c1-4-8(2)12-20-13(22-21-12)9(3)19-15(23)10-5-11-14(16-6-10)18-7-17-11/h5-9H,4H2,1-3H3,(H,19,23)(H,16,17,18)(H,20,21,22). The zero-order valence-electron chi connectivity index (χ0n) is 13.3. The second-order valence-corrected chi connectivity index (χ2v) is 5.58. The molecule has 0 spiro atoms. The van der Waals surface area contributed by atoms with Crippen LogP contribution in [0, 0.1) is 0 Å². The molecule has 8 heteroatoms. The van der Waals surface area contributed by atoms with Crippen molar-refractivity contribution in [3.05, 3.63) is 35.8 Å². The van der Waals surface area contributed by atoms with Gasteiger partial charge in [-0.25, -0.2) is 15.0 Å². The molecular weight excluding hydrogens is 294 g/mol. The van der Waals surface area contributed by atoms with Crippen LogP contribution in [0.1, 0.15) is 61.2 Å². The summed E-state index contributed by atoms with van der Waals surface area (Å²) in [5.41, 5.74) is 1.78. The smallest absolute Gasteiger partial charge is 0.253 e. The first-order chi connectivity index (χ1) is 11.1. The highest BCUT2D eigenvalue weighted by Gasteiger charge is 2.17. The van der Waals surface area contributed by atoms with Gasteiger partial charge in [0, 0.05) is 12.1 Å². The van der Waals surface area contributed by atoms with E-state index in [0.29, 0.717) is 17.0 Å². The molecular formula is C15H19N7O. The van der Waals surface area contributed by atoms with E-state index >= 15 is 0 Å². The molecule has 0 aliphatic heterocycles. The molecule has 0 aromatic carbocycles. The van der Waals surface area contributed by atoms with Crippen molar-refractivity contribution in [3.63, 3.8) is 0 Å². The molecule has 23 heavy (non-hydrogen) atoms. The molecule has 3 aromatic heterocycles. The van der Waals surface area contributed by atoms with Gasteiger partial charge in [-0.3, -0.25) is 9.89 Å². The second-order valence-electron chi connectivity index (χ2n) is 5.58. The Morgan fingerprint density at radius 2 is 2.17 bits per heavy atom. The number of pyridine rings is 1. The van der Waals surface area contributed by atoms with Gasteiger partial charge in [0.25, 0.3) is 5.91 Å². The van der Waals surface area contributed by atoms with Crippen molar-refractivity contribution in [1.82, 2.24) is 35.5 Å². The molecule has 3 N–H and O–H groups in total. The Morgan fingerprint density at radius 3 is 2.96 bits per heavy atom. The van der Waals surface area contributed by atoms with Crippen LogP contribution in [-0.4, -0.2) is 36.0 Å². The summed E-state index contributed by atoms with van der Waals surface area (Å²) in [6.45, 7) is 6.02. The van der Waals surface area contributed by atoms with Crippen LogP contribution in [-0.2, 0) is 0 Å². The van der Waals surface area contributed by atoms with E-state index in [2.05, 4.69) is 49.3 Å². The maximum Gasteiger partial charge on any atom is 0.253 e. The zero-order valence-corrected chi connectivity index (χ0v) is 13.3. The van der Waals surface area contributed by atoms with Crippen molar-refractivity contribution in [1.29, 1.82) is 0 Å². The highest BCUT2D eigenvalue weighted by molar-refractivity contribution is 5.96. The topological polar surface area (TPSA) is 112 Å². The quantitative estimate of drug-likeness (QED) is 0.667. The highest BCUT2D eigenvalue weighted by Crippen LogP contribution is 2.16. The molecule has 0 saturated carbocycles. The van der Waals surface area contributed by atoms with E-state index in [0.717, 1.165) is 17.8 Å². The van der Waals surface area contributed by atoms with Gasteiger partial charge in [-0.15, -0.1) is 0 Å². The largest absolute Gasteiger partial charge is 0.343 e. The van der Waals surface area contributed by atoms with Crippen molar-refractivity contribution in [2.75, 3.05) is 0 Å². The maximum atomic E-state index is 12.3. The van der Waals surface area contributed by atoms with Crippen molar-refractivity contribution < 1.29 is 4.79 Å². The molecule has 3 rings (SSSR count). The Hall–Kier alpha value is -2.77. The normalized spacial score (nSPS) is 13.9. The first-order valence-corrected chi connectivity index (χ1v) is 7.60. The number of fused-ring (bicyclic) bond motifs is 1. The van der Waals surface area contributed by atoms with Gasteiger partial charge in [0.05, 0.1) is 23.4 Å². The van der Waals surface area contributed by atoms with Crippen molar-refractivity contribution >= 4 is 17.1 Å². The number of aromatic nitrogens is 6. The molecule has 2 atom stereocenters. The van der Waals surface area contributed by atoms with Crippen LogP contribution in [0.15, 0.2) is 18.6 Å². The number of imidazole rings is 1. The first-order valence-electron chi connectivity index (χ1n) is 7.60. The fourth-order valence-electron chi connectivity index (χ4n) is 2.19. The van der Waals surface area contributed by atoms with Gasteiger partial charge in [0.2, 0.25) is 0 Å². The first kappa shape index (κ1) is 15.1. The fraction of sp³-hybridized carbons (Fsp3) is 0.400. The third kappa shape index (κ3) is 3.05.